The van der Waals surface area contributed by atoms with E-state index in [4.69, 9.17) is 0 Å². The third-order valence-corrected chi connectivity index (χ3v) is 1.89. The van der Waals surface area contributed by atoms with Crippen LogP contribution in [0.25, 0.3) is 0 Å². The third-order valence-electron chi connectivity index (χ3n) is 1.89. The molecule has 0 heterocycles. The zero-order valence-corrected chi connectivity index (χ0v) is 9.31. The number of hydrogen-bond donors (Lipinski definition) is 1. The normalized spacial score (nSPS) is 11.2. The number of rotatable bonds is 7. The lowest BCUT2D eigenvalue weighted by atomic mass is 10.2. The molecular formula is C10H17F3N2O. The van der Waals surface area contributed by atoms with Crippen molar-refractivity contribution in [3.8, 4) is 0 Å². The Hall–Kier alpha value is -1.04. The molecule has 0 aromatic heterocycles. The molecule has 0 saturated heterocycles. The van der Waals surface area contributed by atoms with Gasteiger partial charge in [0.25, 0.3) is 0 Å². The van der Waals surface area contributed by atoms with E-state index in [9.17, 15) is 18.0 Å². The number of hydrogen-bond acceptors (Lipinski definition) is 2. The van der Waals surface area contributed by atoms with E-state index in [-0.39, 0.29) is 13.0 Å². The van der Waals surface area contributed by atoms with E-state index in [0.717, 1.165) is 4.90 Å². The highest BCUT2D eigenvalue weighted by Gasteiger charge is 2.32. The second-order valence-corrected chi connectivity index (χ2v) is 3.39. The Morgan fingerprint density at radius 1 is 1.50 bits per heavy atom. The van der Waals surface area contributed by atoms with Crippen LogP contribution < -0.4 is 5.32 Å². The molecular weight excluding hydrogens is 221 g/mol. The molecule has 6 heteroatoms. The van der Waals surface area contributed by atoms with Gasteiger partial charge in [-0.05, 0) is 20.0 Å². The van der Waals surface area contributed by atoms with Crippen molar-refractivity contribution < 1.29 is 18.0 Å². The Morgan fingerprint density at radius 2 is 2.12 bits per heavy atom. The van der Waals surface area contributed by atoms with Crippen LogP contribution in [0.3, 0.4) is 0 Å². The summed E-state index contributed by atoms with van der Waals surface area (Å²) in [5.74, 6) is -0.493. The molecule has 1 amide bonds. The number of amides is 1. The van der Waals surface area contributed by atoms with E-state index < -0.39 is 18.6 Å². The Labute approximate surface area is 93.3 Å². The van der Waals surface area contributed by atoms with Gasteiger partial charge in [0.05, 0.1) is 0 Å². The zero-order valence-electron chi connectivity index (χ0n) is 9.31. The van der Waals surface area contributed by atoms with Crippen molar-refractivity contribution in [2.24, 2.45) is 0 Å². The van der Waals surface area contributed by atoms with Crippen LogP contribution in [0.2, 0.25) is 0 Å². The Balaban J connectivity index is 4.18. The predicted octanol–water partition coefficient (Wildman–Crippen LogP) is 1.56. The van der Waals surface area contributed by atoms with E-state index in [0.29, 0.717) is 13.0 Å². The van der Waals surface area contributed by atoms with Crippen molar-refractivity contribution in [2.75, 3.05) is 26.7 Å². The fourth-order valence-corrected chi connectivity index (χ4v) is 1.20. The molecule has 0 aliphatic carbocycles. The van der Waals surface area contributed by atoms with Crippen molar-refractivity contribution in [3.63, 3.8) is 0 Å². The molecule has 3 nitrogen and oxygen atoms in total. The molecule has 0 bridgehead atoms. The lowest BCUT2D eigenvalue weighted by Gasteiger charge is -2.22. The Morgan fingerprint density at radius 3 is 2.56 bits per heavy atom. The first-order valence-electron chi connectivity index (χ1n) is 5.00. The fraction of sp³-hybridized carbons (Fsp3) is 0.700. The molecule has 1 N–H and O–H groups in total. The zero-order chi connectivity index (χ0) is 12.6. The highest BCUT2D eigenvalue weighted by molar-refractivity contribution is 5.76. The van der Waals surface area contributed by atoms with E-state index in [1.54, 1.807) is 7.05 Å². The predicted molar refractivity (Wildman–Crippen MR) is 56.0 cm³/mol. The smallest absolute Gasteiger partial charge is 0.330 e. The van der Waals surface area contributed by atoms with Gasteiger partial charge in [-0.2, -0.15) is 13.2 Å². The summed E-state index contributed by atoms with van der Waals surface area (Å²) in [4.78, 5) is 12.2. The molecule has 0 radical (unpaired) electrons. The molecule has 0 unspecified atom stereocenters. The van der Waals surface area contributed by atoms with Gasteiger partial charge in [-0.1, -0.05) is 6.08 Å². The summed E-state index contributed by atoms with van der Waals surface area (Å²) in [5.41, 5.74) is 0. The van der Waals surface area contributed by atoms with Gasteiger partial charge in [0.2, 0.25) is 5.91 Å². The van der Waals surface area contributed by atoms with Crippen LogP contribution in [-0.4, -0.2) is 43.7 Å². The van der Waals surface area contributed by atoms with Gasteiger partial charge >= 0.3 is 6.18 Å². The lowest BCUT2D eigenvalue weighted by Crippen LogP contribution is -2.39. The first kappa shape index (κ1) is 15.0. The summed E-state index contributed by atoms with van der Waals surface area (Å²) in [6.45, 7) is 2.66. The summed E-state index contributed by atoms with van der Waals surface area (Å²) in [6, 6.07) is 0. The molecule has 0 fully saturated rings. The van der Waals surface area contributed by atoms with Gasteiger partial charge < -0.3 is 10.2 Å². The van der Waals surface area contributed by atoms with Gasteiger partial charge in [0, 0.05) is 13.0 Å². The highest BCUT2D eigenvalue weighted by atomic mass is 19.4. The van der Waals surface area contributed by atoms with Crippen molar-refractivity contribution >= 4 is 5.91 Å². The number of halogens is 3. The maximum atomic E-state index is 12.1. The molecule has 0 saturated carbocycles. The van der Waals surface area contributed by atoms with Gasteiger partial charge in [-0.25, -0.2) is 0 Å². The summed E-state index contributed by atoms with van der Waals surface area (Å²) < 4.78 is 36.4. The summed E-state index contributed by atoms with van der Waals surface area (Å²) >= 11 is 0. The van der Waals surface area contributed by atoms with Crippen LogP contribution in [0.4, 0.5) is 13.2 Å². The Bertz CT molecular complexity index is 229. The number of carbonyl (C=O) groups is 1. The van der Waals surface area contributed by atoms with E-state index >= 15 is 0 Å². The minimum Gasteiger partial charge on any atom is -0.330 e. The summed E-state index contributed by atoms with van der Waals surface area (Å²) in [7, 11) is 1.72. The van der Waals surface area contributed by atoms with Crippen LogP contribution in [0.5, 0.6) is 0 Å². The van der Waals surface area contributed by atoms with Crippen LogP contribution >= 0.6 is 0 Å². The van der Waals surface area contributed by atoms with Crippen LogP contribution in [-0.2, 0) is 4.79 Å². The first-order chi connectivity index (χ1) is 7.40. The average molecular weight is 238 g/mol. The van der Waals surface area contributed by atoms with Crippen LogP contribution in [0, 0.1) is 0 Å². The molecule has 0 spiro atoms. The van der Waals surface area contributed by atoms with Crippen molar-refractivity contribution in [2.45, 2.75) is 19.0 Å². The second-order valence-electron chi connectivity index (χ2n) is 3.39. The van der Waals surface area contributed by atoms with Crippen LogP contribution in [0.1, 0.15) is 12.8 Å². The summed E-state index contributed by atoms with van der Waals surface area (Å²) in [6.07, 6.45) is -2.42. The first-order valence-corrected chi connectivity index (χ1v) is 5.00. The third kappa shape index (κ3) is 7.28. The topological polar surface area (TPSA) is 32.3 Å². The Kier molecular flexibility index (Phi) is 6.80. The van der Waals surface area contributed by atoms with E-state index in [2.05, 4.69) is 11.9 Å². The van der Waals surface area contributed by atoms with Gasteiger partial charge in [0.15, 0.2) is 0 Å². The number of nitrogens with zero attached hydrogens (tertiary/aromatic N) is 1. The monoisotopic (exact) mass is 238 g/mol. The summed E-state index contributed by atoms with van der Waals surface area (Å²) in [5, 5.41) is 2.83. The second kappa shape index (κ2) is 7.27. The maximum absolute atomic E-state index is 12.1. The quantitative estimate of drug-likeness (QED) is 0.539. The van der Waals surface area contributed by atoms with Gasteiger partial charge in [-0.15, -0.1) is 6.58 Å². The molecule has 0 aromatic rings. The standard InChI is InChI=1S/C10H17F3N2O/c1-3-7-15(8-10(11,12)13)9(16)5-4-6-14-2/h3,14H,1,4-8H2,2H3. The van der Waals surface area contributed by atoms with E-state index in [1.165, 1.54) is 6.08 Å². The van der Waals surface area contributed by atoms with Crippen molar-refractivity contribution in [3.05, 3.63) is 12.7 Å². The van der Waals surface area contributed by atoms with Crippen LogP contribution in [0.15, 0.2) is 12.7 Å². The SMILES string of the molecule is C=CCN(CC(F)(F)F)C(=O)CCCNC. The van der Waals surface area contributed by atoms with Crippen molar-refractivity contribution in [1.82, 2.24) is 10.2 Å². The molecule has 0 aromatic carbocycles. The lowest BCUT2D eigenvalue weighted by molar-refractivity contribution is -0.160. The average Bonchev–Trinajstić information content (AvgIpc) is 2.15. The van der Waals surface area contributed by atoms with Crippen molar-refractivity contribution in [1.29, 1.82) is 0 Å². The molecule has 0 aliphatic heterocycles. The highest BCUT2D eigenvalue weighted by Crippen LogP contribution is 2.17. The molecule has 0 rings (SSSR count). The van der Waals surface area contributed by atoms with Gasteiger partial charge in [-0.3, -0.25) is 4.79 Å². The largest absolute Gasteiger partial charge is 0.406 e. The maximum Gasteiger partial charge on any atom is 0.406 e. The molecule has 16 heavy (non-hydrogen) atoms. The minimum atomic E-state index is -4.36. The molecule has 0 atom stereocenters. The molecule has 0 aliphatic rings. The van der Waals surface area contributed by atoms with Gasteiger partial charge in [0.1, 0.15) is 6.54 Å². The number of carbonyl (C=O) groups excluding carboxylic acids is 1. The molecule has 94 valence electrons. The van der Waals surface area contributed by atoms with E-state index in [1.807, 2.05) is 0 Å². The number of nitrogens with one attached hydrogen (secondary N) is 1. The minimum absolute atomic E-state index is 0.0715. The fourth-order valence-electron chi connectivity index (χ4n) is 1.20. The number of alkyl halides is 3.